The molecular formula is C25H30O. The standard InChI is InChI=1S/C25H30O/c1-3-5-18-26-19-21-8-12-23(13-9-21)25-16-14-24(15-17-25)22-10-6-20(4-2)7-11-22/h3-5,8-9,12-17,20,22H,2,6-7,10-11,18-19H2,1H3/b5-3+. The SMILES string of the molecule is C=CC1CCC(c2ccc(-c3ccc(COC/C=C/C)cc3)cc2)CC1. The van der Waals surface area contributed by atoms with Crippen LogP contribution in [-0.4, -0.2) is 6.61 Å². The zero-order valence-corrected chi connectivity index (χ0v) is 15.9. The topological polar surface area (TPSA) is 9.23 Å². The van der Waals surface area contributed by atoms with Crippen LogP contribution in [0.15, 0.2) is 73.3 Å². The number of hydrogen-bond acceptors (Lipinski definition) is 1. The van der Waals surface area contributed by atoms with Crippen molar-refractivity contribution >= 4 is 0 Å². The second kappa shape index (κ2) is 9.54. The molecule has 1 aliphatic carbocycles. The number of rotatable bonds is 7. The first-order valence-corrected chi connectivity index (χ1v) is 9.81. The van der Waals surface area contributed by atoms with E-state index in [1.807, 2.05) is 19.1 Å². The quantitative estimate of drug-likeness (QED) is 0.391. The predicted molar refractivity (Wildman–Crippen MR) is 111 cm³/mol. The molecule has 2 aromatic carbocycles. The fourth-order valence-corrected chi connectivity index (χ4v) is 3.77. The minimum atomic E-state index is 0.664. The highest BCUT2D eigenvalue weighted by Gasteiger charge is 2.20. The smallest absolute Gasteiger partial charge is 0.0721 e. The van der Waals surface area contributed by atoms with Gasteiger partial charge in [0.15, 0.2) is 0 Å². The fraction of sp³-hybridized carbons (Fsp3) is 0.360. The zero-order chi connectivity index (χ0) is 18.2. The van der Waals surface area contributed by atoms with Gasteiger partial charge in [-0.2, -0.15) is 0 Å². The van der Waals surface area contributed by atoms with Gasteiger partial charge >= 0.3 is 0 Å². The maximum atomic E-state index is 5.61. The first-order valence-electron chi connectivity index (χ1n) is 9.81. The van der Waals surface area contributed by atoms with E-state index in [1.54, 1.807) is 0 Å². The predicted octanol–water partition coefficient (Wildman–Crippen LogP) is 6.91. The van der Waals surface area contributed by atoms with Gasteiger partial charge in [-0.25, -0.2) is 0 Å². The van der Waals surface area contributed by atoms with Crippen LogP contribution in [-0.2, 0) is 11.3 Å². The van der Waals surface area contributed by atoms with Crippen molar-refractivity contribution in [1.29, 1.82) is 0 Å². The summed E-state index contributed by atoms with van der Waals surface area (Å²) in [6.07, 6.45) is 11.3. The van der Waals surface area contributed by atoms with Crippen LogP contribution in [0.25, 0.3) is 11.1 Å². The molecule has 1 saturated carbocycles. The molecule has 0 radical (unpaired) electrons. The number of allylic oxidation sites excluding steroid dienone is 2. The van der Waals surface area contributed by atoms with Gasteiger partial charge in [-0.15, -0.1) is 6.58 Å². The van der Waals surface area contributed by atoms with Crippen molar-refractivity contribution in [3.8, 4) is 11.1 Å². The van der Waals surface area contributed by atoms with Gasteiger partial charge < -0.3 is 4.74 Å². The monoisotopic (exact) mass is 346 g/mol. The largest absolute Gasteiger partial charge is 0.373 e. The van der Waals surface area contributed by atoms with E-state index in [9.17, 15) is 0 Å². The van der Waals surface area contributed by atoms with Crippen LogP contribution in [0.1, 0.15) is 49.7 Å². The highest BCUT2D eigenvalue weighted by Crippen LogP contribution is 2.36. The van der Waals surface area contributed by atoms with Gasteiger partial charge in [0.2, 0.25) is 0 Å². The summed E-state index contributed by atoms with van der Waals surface area (Å²) >= 11 is 0. The molecule has 0 unspecified atom stereocenters. The Balaban J connectivity index is 1.59. The summed E-state index contributed by atoms with van der Waals surface area (Å²) in [7, 11) is 0. The van der Waals surface area contributed by atoms with E-state index in [2.05, 4.69) is 61.2 Å². The van der Waals surface area contributed by atoms with Crippen LogP contribution in [0.5, 0.6) is 0 Å². The van der Waals surface area contributed by atoms with Gasteiger partial charge in [0.05, 0.1) is 13.2 Å². The highest BCUT2D eigenvalue weighted by atomic mass is 16.5. The average Bonchev–Trinajstić information content (AvgIpc) is 2.72. The van der Waals surface area contributed by atoms with E-state index in [4.69, 9.17) is 4.74 Å². The minimum absolute atomic E-state index is 0.664. The van der Waals surface area contributed by atoms with E-state index in [-0.39, 0.29) is 0 Å². The van der Waals surface area contributed by atoms with Crippen molar-refractivity contribution in [3.05, 3.63) is 84.5 Å². The number of benzene rings is 2. The first-order chi connectivity index (χ1) is 12.8. The van der Waals surface area contributed by atoms with Crippen molar-refractivity contribution in [3.63, 3.8) is 0 Å². The van der Waals surface area contributed by atoms with Crippen LogP contribution in [0.3, 0.4) is 0 Å². The van der Waals surface area contributed by atoms with Crippen molar-refractivity contribution < 1.29 is 4.74 Å². The third-order valence-electron chi connectivity index (χ3n) is 5.49. The summed E-state index contributed by atoms with van der Waals surface area (Å²) < 4.78 is 5.61. The first kappa shape index (κ1) is 18.7. The van der Waals surface area contributed by atoms with Crippen molar-refractivity contribution in [2.75, 3.05) is 6.61 Å². The average molecular weight is 347 g/mol. The molecule has 0 amide bonds. The van der Waals surface area contributed by atoms with Gasteiger partial charge in [-0.3, -0.25) is 0 Å². The van der Waals surface area contributed by atoms with Crippen LogP contribution in [0.2, 0.25) is 0 Å². The lowest BCUT2D eigenvalue weighted by Gasteiger charge is -2.27. The lowest BCUT2D eigenvalue weighted by Crippen LogP contribution is -2.11. The Morgan fingerprint density at radius 2 is 1.54 bits per heavy atom. The third-order valence-corrected chi connectivity index (χ3v) is 5.49. The number of hydrogen-bond donors (Lipinski definition) is 0. The van der Waals surface area contributed by atoms with Crippen LogP contribution < -0.4 is 0 Å². The molecule has 0 bridgehead atoms. The maximum absolute atomic E-state index is 5.61. The summed E-state index contributed by atoms with van der Waals surface area (Å²) in [5, 5.41) is 0. The lowest BCUT2D eigenvalue weighted by molar-refractivity contribution is 0.148. The molecule has 0 atom stereocenters. The Morgan fingerprint density at radius 1 is 0.923 bits per heavy atom. The third kappa shape index (κ3) is 4.95. The Morgan fingerprint density at radius 3 is 2.12 bits per heavy atom. The van der Waals surface area contributed by atoms with E-state index >= 15 is 0 Å². The molecule has 3 rings (SSSR count). The molecule has 1 heteroatoms. The van der Waals surface area contributed by atoms with Crippen molar-refractivity contribution in [1.82, 2.24) is 0 Å². The molecule has 0 aromatic heterocycles. The van der Waals surface area contributed by atoms with Gasteiger partial charge in [-0.1, -0.05) is 66.8 Å². The summed E-state index contributed by atoms with van der Waals surface area (Å²) in [5.74, 6) is 1.45. The van der Waals surface area contributed by atoms with Gasteiger partial charge in [0, 0.05) is 0 Å². The molecule has 2 aromatic rings. The van der Waals surface area contributed by atoms with E-state index in [0.29, 0.717) is 13.2 Å². The Kier molecular flexibility index (Phi) is 6.85. The van der Waals surface area contributed by atoms with Gasteiger partial charge in [0.25, 0.3) is 0 Å². The molecule has 0 spiro atoms. The Bertz CT molecular complexity index is 701. The highest BCUT2D eigenvalue weighted by molar-refractivity contribution is 5.64. The molecule has 26 heavy (non-hydrogen) atoms. The van der Waals surface area contributed by atoms with Crippen LogP contribution in [0.4, 0.5) is 0 Å². The zero-order valence-electron chi connectivity index (χ0n) is 15.9. The van der Waals surface area contributed by atoms with E-state index in [0.717, 1.165) is 11.8 Å². The molecule has 0 saturated heterocycles. The lowest BCUT2D eigenvalue weighted by atomic mass is 9.78. The van der Waals surface area contributed by atoms with E-state index in [1.165, 1.54) is 47.9 Å². The maximum Gasteiger partial charge on any atom is 0.0721 e. The molecule has 0 heterocycles. The van der Waals surface area contributed by atoms with Crippen molar-refractivity contribution in [2.45, 2.75) is 45.1 Å². The molecule has 0 aliphatic heterocycles. The molecule has 136 valence electrons. The normalized spacial score (nSPS) is 20.3. The molecule has 1 fully saturated rings. The minimum Gasteiger partial charge on any atom is -0.373 e. The second-order valence-electron chi connectivity index (χ2n) is 7.25. The number of ether oxygens (including phenoxy) is 1. The second-order valence-corrected chi connectivity index (χ2v) is 7.25. The Hall–Kier alpha value is -2.12. The van der Waals surface area contributed by atoms with Gasteiger partial charge in [-0.05, 0) is 66.7 Å². The van der Waals surface area contributed by atoms with Crippen LogP contribution >= 0.6 is 0 Å². The fourth-order valence-electron chi connectivity index (χ4n) is 3.77. The molecule has 1 nitrogen and oxygen atoms in total. The Labute approximate surface area is 158 Å². The molecule has 1 aliphatic rings. The van der Waals surface area contributed by atoms with E-state index < -0.39 is 0 Å². The summed E-state index contributed by atoms with van der Waals surface area (Å²) in [5.41, 5.74) is 5.26. The molecular weight excluding hydrogens is 316 g/mol. The summed E-state index contributed by atoms with van der Waals surface area (Å²) in [4.78, 5) is 0. The summed E-state index contributed by atoms with van der Waals surface area (Å²) in [6.45, 7) is 7.30. The summed E-state index contributed by atoms with van der Waals surface area (Å²) in [6, 6.07) is 17.9. The molecule has 0 N–H and O–H groups in total. The van der Waals surface area contributed by atoms with Gasteiger partial charge in [0.1, 0.15) is 0 Å². The van der Waals surface area contributed by atoms with Crippen molar-refractivity contribution in [2.24, 2.45) is 5.92 Å². The van der Waals surface area contributed by atoms with Crippen LogP contribution in [0, 0.1) is 5.92 Å².